The summed E-state index contributed by atoms with van der Waals surface area (Å²) in [6, 6.07) is 0. The van der Waals surface area contributed by atoms with Crippen LogP contribution in [0, 0.1) is 11.3 Å². The zero-order valence-electron chi connectivity index (χ0n) is 9.32. The standard InChI is InChI=1S/C11H16.C3H4O/c1-2-3-6-11-7-4-10(9-11)5-8-11;1-2-3-4/h2-3,6,10H,1,4-5,7-9H2;2-3H,1H2. The second kappa shape index (κ2) is 5.69. The predicted octanol–water partition coefficient (Wildman–Crippen LogP) is 3.68. The first kappa shape index (κ1) is 12.0. The van der Waals surface area contributed by atoms with E-state index in [1.807, 2.05) is 6.08 Å². The van der Waals surface area contributed by atoms with Crippen LogP contribution in [-0.2, 0) is 4.79 Å². The number of rotatable bonds is 3. The fourth-order valence-electron chi connectivity index (χ4n) is 2.74. The summed E-state index contributed by atoms with van der Waals surface area (Å²) in [4.78, 5) is 9.06. The minimum absolute atomic E-state index is 0.610. The average Bonchev–Trinajstić information content (AvgIpc) is 2.87. The van der Waals surface area contributed by atoms with Crippen LogP contribution in [0.25, 0.3) is 0 Å². The summed E-state index contributed by atoms with van der Waals surface area (Å²) in [7, 11) is 0. The summed E-state index contributed by atoms with van der Waals surface area (Å²) in [5.41, 5.74) is 0.610. The van der Waals surface area contributed by atoms with Crippen LogP contribution < -0.4 is 0 Å². The van der Waals surface area contributed by atoms with Crippen molar-refractivity contribution in [2.45, 2.75) is 32.1 Å². The molecule has 0 aromatic heterocycles. The Kier molecular flexibility index (Phi) is 4.54. The molecule has 1 heteroatoms. The largest absolute Gasteiger partial charge is 0.299 e. The van der Waals surface area contributed by atoms with E-state index >= 15 is 0 Å². The summed E-state index contributed by atoms with van der Waals surface area (Å²) < 4.78 is 0. The fraction of sp³-hybridized carbons (Fsp3) is 0.500. The van der Waals surface area contributed by atoms with E-state index in [9.17, 15) is 0 Å². The van der Waals surface area contributed by atoms with Gasteiger partial charge in [-0.3, -0.25) is 4.79 Å². The Morgan fingerprint density at radius 1 is 1.13 bits per heavy atom. The van der Waals surface area contributed by atoms with Crippen LogP contribution in [0.15, 0.2) is 37.5 Å². The molecule has 0 heterocycles. The molecule has 1 nitrogen and oxygen atoms in total. The Morgan fingerprint density at radius 2 is 1.73 bits per heavy atom. The molecule has 2 aliphatic carbocycles. The van der Waals surface area contributed by atoms with Gasteiger partial charge in [0.05, 0.1) is 0 Å². The SMILES string of the molecule is C=CC=CC12CCC(CC1)C2.C=CC=O. The van der Waals surface area contributed by atoms with Crippen molar-refractivity contribution in [3.05, 3.63) is 37.5 Å². The Morgan fingerprint density at radius 3 is 2.07 bits per heavy atom. The lowest BCUT2D eigenvalue weighted by Crippen LogP contribution is -2.09. The van der Waals surface area contributed by atoms with Gasteiger partial charge >= 0.3 is 0 Å². The lowest BCUT2D eigenvalue weighted by molar-refractivity contribution is -0.104. The van der Waals surface area contributed by atoms with Crippen LogP contribution in [0.5, 0.6) is 0 Å². The smallest absolute Gasteiger partial charge is 0.142 e. The number of allylic oxidation sites excluding steroid dienone is 4. The van der Waals surface area contributed by atoms with Gasteiger partial charge in [-0.2, -0.15) is 0 Å². The third-order valence-electron chi connectivity index (χ3n) is 3.48. The minimum atomic E-state index is 0.610. The van der Waals surface area contributed by atoms with Crippen LogP contribution >= 0.6 is 0 Å². The van der Waals surface area contributed by atoms with Gasteiger partial charge in [0, 0.05) is 0 Å². The highest BCUT2D eigenvalue weighted by molar-refractivity contribution is 5.63. The summed E-state index contributed by atoms with van der Waals surface area (Å²) >= 11 is 0. The Hall–Kier alpha value is -1.11. The molecule has 0 aromatic rings. The third-order valence-corrected chi connectivity index (χ3v) is 3.48. The van der Waals surface area contributed by atoms with Crippen molar-refractivity contribution in [2.24, 2.45) is 11.3 Å². The summed E-state index contributed by atoms with van der Waals surface area (Å²) in [5, 5.41) is 0. The number of hydrogen-bond acceptors (Lipinski definition) is 1. The second-order valence-corrected chi connectivity index (χ2v) is 4.48. The molecule has 0 atom stereocenters. The molecule has 0 radical (unpaired) electrons. The van der Waals surface area contributed by atoms with Gasteiger partial charge in [-0.1, -0.05) is 31.4 Å². The maximum absolute atomic E-state index is 9.06. The number of fused-ring (bicyclic) bond motifs is 2. The van der Waals surface area contributed by atoms with Gasteiger partial charge in [-0.25, -0.2) is 0 Å². The first-order valence-electron chi connectivity index (χ1n) is 5.63. The first-order valence-corrected chi connectivity index (χ1v) is 5.63. The van der Waals surface area contributed by atoms with Crippen molar-refractivity contribution in [3.63, 3.8) is 0 Å². The highest BCUT2D eigenvalue weighted by Gasteiger charge is 2.42. The van der Waals surface area contributed by atoms with E-state index in [1.54, 1.807) is 0 Å². The maximum atomic E-state index is 9.06. The first-order chi connectivity index (χ1) is 7.26. The van der Waals surface area contributed by atoms with E-state index in [-0.39, 0.29) is 0 Å². The average molecular weight is 204 g/mol. The van der Waals surface area contributed by atoms with E-state index < -0.39 is 0 Å². The van der Waals surface area contributed by atoms with Crippen molar-refractivity contribution in [2.75, 3.05) is 0 Å². The fourth-order valence-corrected chi connectivity index (χ4v) is 2.74. The Balaban J connectivity index is 0.000000245. The molecule has 0 aromatic carbocycles. The van der Waals surface area contributed by atoms with Crippen molar-refractivity contribution >= 4 is 6.29 Å². The van der Waals surface area contributed by atoms with Gasteiger partial charge in [0.1, 0.15) is 6.29 Å². The van der Waals surface area contributed by atoms with E-state index in [1.165, 1.54) is 38.2 Å². The summed E-state index contributed by atoms with van der Waals surface area (Å²) in [6.45, 7) is 6.82. The van der Waals surface area contributed by atoms with Crippen molar-refractivity contribution < 1.29 is 4.79 Å². The Labute approximate surface area is 92.6 Å². The lowest BCUT2D eigenvalue weighted by Gasteiger charge is -2.21. The van der Waals surface area contributed by atoms with Crippen LogP contribution in [0.1, 0.15) is 32.1 Å². The predicted molar refractivity (Wildman–Crippen MR) is 64.6 cm³/mol. The van der Waals surface area contributed by atoms with Crippen LogP contribution in [0.3, 0.4) is 0 Å². The van der Waals surface area contributed by atoms with E-state index in [0.717, 1.165) is 5.92 Å². The molecule has 0 saturated heterocycles. The molecule has 0 amide bonds. The molecule has 0 spiro atoms. The summed E-state index contributed by atoms with van der Waals surface area (Å²) in [5.74, 6) is 1.06. The zero-order valence-corrected chi connectivity index (χ0v) is 9.32. The number of carbonyl (C=O) groups excluding carboxylic acids is 1. The van der Waals surface area contributed by atoms with Crippen LogP contribution in [0.2, 0.25) is 0 Å². The molecule has 0 aliphatic heterocycles. The summed E-state index contributed by atoms with van der Waals surface area (Å²) in [6.07, 6.45) is 15.5. The van der Waals surface area contributed by atoms with E-state index in [4.69, 9.17) is 4.79 Å². The molecule has 2 saturated carbocycles. The van der Waals surface area contributed by atoms with Gasteiger partial charge in [0.15, 0.2) is 0 Å². The molecule has 0 unspecified atom stereocenters. The third kappa shape index (κ3) is 3.19. The zero-order chi connectivity index (χ0) is 11.1. The topological polar surface area (TPSA) is 17.1 Å². The van der Waals surface area contributed by atoms with Crippen molar-refractivity contribution in [1.82, 2.24) is 0 Å². The molecule has 2 rings (SSSR count). The monoisotopic (exact) mass is 204 g/mol. The molecule has 2 aliphatic rings. The Bertz CT molecular complexity index is 249. The van der Waals surface area contributed by atoms with E-state index in [0.29, 0.717) is 11.7 Å². The van der Waals surface area contributed by atoms with Crippen LogP contribution in [-0.4, -0.2) is 6.29 Å². The molecular weight excluding hydrogens is 184 g/mol. The van der Waals surface area contributed by atoms with Gasteiger partial charge in [-0.05, 0) is 49.5 Å². The maximum Gasteiger partial charge on any atom is 0.142 e. The highest BCUT2D eigenvalue weighted by Crippen LogP contribution is 2.54. The minimum Gasteiger partial charge on any atom is -0.299 e. The molecule has 2 bridgehead atoms. The number of aldehydes is 1. The molecule has 15 heavy (non-hydrogen) atoms. The molecule has 2 fully saturated rings. The quantitative estimate of drug-likeness (QED) is 0.389. The van der Waals surface area contributed by atoms with Gasteiger partial charge in [-0.15, -0.1) is 0 Å². The van der Waals surface area contributed by atoms with Crippen molar-refractivity contribution in [3.8, 4) is 0 Å². The van der Waals surface area contributed by atoms with Gasteiger partial charge in [0.2, 0.25) is 0 Å². The highest BCUT2D eigenvalue weighted by atomic mass is 16.1. The lowest BCUT2D eigenvalue weighted by atomic mass is 9.84. The molecule has 0 N–H and O–H groups in total. The molecule has 82 valence electrons. The number of carbonyl (C=O) groups is 1. The van der Waals surface area contributed by atoms with Gasteiger partial charge in [0.25, 0.3) is 0 Å². The van der Waals surface area contributed by atoms with Crippen molar-refractivity contribution in [1.29, 1.82) is 0 Å². The van der Waals surface area contributed by atoms with E-state index in [2.05, 4.69) is 25.3 Å². The second-order valence-electron chi connectivity index (χ2n) is 4.48. The van der Waals surface area contributed by atoms with Gasteiger partial charge < -0.3 is 0 Å². The van der Waals surface area contributed by atoms with Crippen LogP contribution in [0.4, 0.5) is 0 Å². The number of hydrogen-bond donors (Lipinski definition) is 0. The molecular formula is C14H20O. The normalized spacial score (nSPS) is 32.1.